The number of aryl methyl sites for hydroxylation is 1. The average molecular weight is 468 g/mol. The molecule has 1 aliphatic rings. The van der Waals surface area contributed by atoms with Gasteiger partial charge in [0.2, 0.25) is 5.91 Å². The van der Waals surface area contributed by atoms with Gasteiger partial charge in [-0.25, -0.2) is 0 Å². The van der Waals surface area contributed by atoms with Crippen molar-refractivity contribution >= 4 is 28.9 Å². The number of benzene rings is 2. The number of nitrogens with one attached hydrogen (secondary N) is 2. The molecule has 6 nitrogen and oxygen atoms in total. The van der Waals surface area contributed by atoms with E-state index in [1.807, 2.05) is 65.7 Å². The molecule has 2 aromatic heterocycles. The van der Waals surface area contributed by atoms with E-state index in [0.29, 0.717) is 5.11 Å². The van der Waals surface area contributed by atoms with Crippen molar-refractivity contribution in [3.05, 3.63) is 114 Å². The molecule has 170 valence electrons. The lowest BCUT2D eigenvalue weighted by Gasteiger charge is -2.28. The molecule has 5 rings (SSSR count). The zero-order valence-electron chi connectivity index (χ0n) is 18.8. The van der Waals surface area contributed by atoms with Crippen molar-refractivity contribution in [3.63, 3.8) is 0 Å². The van der Waals surface area contributed by atoms with E-state index in [0.717, 1.165) is 22.8 Å². The molecule has 3 heterocycles. The summed E-state index contributed by atoms with van der Waals surface area (Å²) in [5.41, 5.74) is 4.91. The van der Waals surface area contributed by atoms with E-state index in [4.69, 9.17) is 12.2 Å². The number of nitrogens with zero attached hydrogens (tertiary/aromatic N) is 3. The highest BCUT2D eigenvalue weighted by Gasteiger charge is 2.42. The molecule has 1 amide bonds. The average Bonchev–Trinajstić information content (AvgIpc) is 3.45. The Morgan fingerprint density at radius 1 is 1.00 bits per heavy atom. The molecule has 0 spiro atoms. The Morgan fingerprint density at radius 2 is 1.76 bits per heavy atom. The van der Waals surface area contributed by atoms with Crippen LogP contribution in [0, 0.1) is 6.92 Å². The van der Waals surface area contributed by atoms with Crippen LogP contribution in [0.25, 0.3) is 5.69 Å². The second kappa shape index (κ2) is 9.49. The number of carbonyl (C=O) groups excluding carboxylic acids is 1. The van der Waals surface area contributed by atoms with Crippen LogP contribution in [0.2, 0.25) is 0 Å². The molecule has 4 aromatic rings. The number of hydrogen-bond acceptors (Lipinski definition) is 3. The highest BCUT2D eigenvalue weighted by atomic mass is 32.1. The van der Waals surface area contributed by atoms with Crippen LogP contribution in [-0.4, -0.2) is 32.0 Å². The van der Waals surface area contributed by atoms with E-state index in [9.17, 15) is 4.79 Å². The first-order valence-corrected chi connectivity index (χ1v) is 11.6. The summed E-state index contributed by atoms with van der Waals surface area (Å²) in [5.74, 6) is -0.129. The Bertz CT molecular complexity index is 1290. The fourth-order valence-corrected chi connectivity index (χ4v) is 4.65. The highest BCUT2D eigenvalue weighted by Crippen LogP contribution is 2.39. The van der Waals surface area contributed by atoms with Crippen molar-refractivity contribution in [2.75, 3.05) is 11.9 Å². The molecular weight excluding hydrogens is 442 g/mol. The van der Waals surface area contributed by atoms with Crippen LogP contribution in [0.15, 0.2) is 97.3 Å². The molecule has 0 saturated carbocycles. The van der Waals surface area contributed by atoms with Crippen LogP contribution in [-0.2, 0) is 4.79 Å². The summed E-state index contributed by atoms with van der Waals surface area (Å²) in [5, 5.41) is 6.92. The second-order valence-corrected chi connectivity index (χ2v) is 8.69. The summed E-state index contributed by atoms with van der Waals surface area (Å²) in [6, 6.07) is 27.4. The van der Waals surface area contributed by atoms with Gasteiger partial charge in [0.1, 0.15) is 6.54 Å². The topological polar surface area (TPSA) is 62.2 Å². The molecule has 2 N–H and O–H groups in total. The Balaban J connectivity index is 1.51. The molecule has 0 aliphatic carbocycles. The Labute approximate surface area is 204 Å². The molecule has 0 bridgehead atoms. The summed E-state index contributed by atoms with van der Waals surface area (Å²) >= 11 is 5.73. The number of pyridine rings is 1. The monoisotopic (exact) mass is 467 g/mol. The SMILES string of the molecule is Cc1ccc(-n2cccc2[C@@H]2[C@@H](c3ccccn3)NC(=S)N2CC(=O)Nc2ccccc2)cc1. The van der Waals surface area contributed by atoms with E-state index in [2.05, 4.69) is 57.4 Å². The number of para-hydroxylation sites is 1. The van der Waals surface area contributed by atoms with Gasteiger partial charge in [-0.1, -0.05) is 42.0 Å². The van der Waals surface area contributed by atoms with E-state index in [1.165, 1.54) is 5.56 Å². The maximum atomic E-state index is 13.0. The third-order valence-electron chi connectivity index (χ3n) is 5.96. The molecule has 2 atom stereocenters. The predicted octanol–water partition coefficient (Wildman–Crippen LogP) is 4.79. The maximum Gasteiger partial charge on any atom is 0.244 e. The van der Waals surface area contributed by atoms with Crippen LogP contribution in [0.5, 0.6) is 0 Å². The van der Waals surface area contributed by atoms with Crippen LogP contribution >= 0.6 is 12.2 Å². The molecule has 2 aromatic carbocycles. The first-order valence-electron chi connectivity index (χ1n) is 11.2. The van der Waals surface area contributed by atoms with Crippen LogP contribution in [0.1, 0.15) is 29.0 Å². The quantitative estimate of drug-likeness (QED) is 0.399. The zero-order chi connectivity index (χ0) is 23.5. The van der Waals surface area contributed by atoms with Gasteiger partial charge in [-0.15, -0.1) is 0 Å². The molecule has 7 heteroatoms. The van der Waals surface area contributed by atoms with Crippen LogP contribution in [0.4, 0.5) is 5.69 Å². The summed E-state index contributed by atoms with van der Waals surface area (Å²) < 4.78 is 2.15. The second-order valence-electron chi connectivity index (χ2n) is 8.31. The first kappa shape index (κ1) is 21.9. The van der Waals surface area contributed by atoms with Gasteiger partial charge in [0.25, 0.3) is 0 Å². The Kier molecular flexibility index (Phi) is 6.10. The maximum absolute atomic E-state index is 13.0. The number of aromatic nitrogens is 2. The Morgan fingerprint density at radius 3 is 2.50 bits per heavy atom. The molecule has 1 fully saturated rings. The van der Waals surface area contributed by atoms with E-state index < -0.39 is 0 Å². The van der Waals surface area contributed by atoms with Gasteiger partial charge in [-0.3, -0.25) is 9.78 Å². The summed E-state index contributed by atoms with van der Waals surface area (Å²) in [6.07, 6.45) is 3.82. The van der Waals surface area contributed by atoms with Gasteiger partial charge in [-0.2, -0.15) is 0 Å². The lowest BCUT2D eigenvalue weighted by molar-refractivity contribution is -0.116. The Hall–Kier alpha value is -3.97. The zero-order valence-corrected chi connectivity index (χ0v) is 19.6. The first-order chi connectivity index (χ1) is 16.6. The standard InChI is InChI=1S/C27H25N5OS/c1-19-12-14-21(15-13-19)31-17-7-11-23(31)26-25(22-10-5-6-16-28-22)30-27(34)32(26)18-24(33)29-20-8-3-2-4-9-20/h2-17,25-26H,18H2,1H3,(H,29,33)(H,30,34)/t25-,26-/m1/s1. The van der Waals surface area contributed by atoms with Crippen molar-refractivity contribution in [3.8, 4) is 5.69 Å². The number of carbonyl (C=O) groups is 1. The van der Waals surface area contributed by atoms with Crippen LogP contribution < -0.4 is 10.6 Å². The number of anilines is 1. The van der Waals surface area contributed by atoms with E-state index >= 15 is 0 Å². The van der Waals surface area contributed by atoms with Gasteiger partial charge in [-0.05, 0) is 67.7 Å². The summed E-state index contributed by atoms with van der Waals surface area (Å²) in [6.45, 7) is 2.19. The van der Waals surface area contributed by atoms with Crippen molar-refractivity contribution < 1.29 is 4.79 Å². The smallest absolute Gasteiger partial charge is 0.244 e. The predicted molar refractivity (Wildman–Crippen MR) is 138 cm³/mol. The number of thiocarbonyl (C=S) groups is 1. The van der Waals surface area contributed by atoms with E-state index in [-0.39, 0.29) is 24.5 Å². The van der Waals surface area contributed by atoms with Crippen LogP contribution in [0.3, 0.4) is 0 Å². The lowest BCUT2D eigenvalue weighted by Crippen LogP contribution is -2.37. The minimum Gasteiger partial charge on any atom is -0.352 e. The fraction of sp³-hybridized carbons (Fsp3) is 0.148. The van der Waals surface area contributed by atoms with Crippen molar-refractivity contribution in [1.82, 2.24) is 19.8 Å². The summed E-state index contributed by atoms with van der Waals surface area (Å²) in [7, 11) is 0. The number of rotatable bonds is 6. The van der Waals surface area contributed by atoms with Gasteiger partial charge >= 0.3 is 0 Å². The molecule has 1 aliphatic heterocycles. The molecule has 34 heavy (non-hydrogen) atoms. The lowest BCUT2D eigenvalue weighted by atomic mass is 10.0. The normalized spacial score (nSPS) is 17.4. The highest BCUT2D eigenvalue weighted by molar-refractivity contribution is 7.80. The van der Waals surface area contributed by atoms with Gasteiger partial charge in [0.15, 0.2) is 5.11 Å². The van der Waals surface area contributed by atoms with Gasteiger partial charge in [0.05, 0.1) is 17.8 Å². The number of hydrogen-bond donors (Lipinski definition) is 2. The molecule has 1 saturated heterocycles. The van der Waals surface area contributed by atoms with Gasteiger partial charge in [0, 0.05) is 29.5 Å². The fourth-order valence-electron chi connectivity index (χ4n) is 4.35. The van der Waals surface area contributed by atoms with Crippen molar-refractivity contribution in [1.29, 1.82) is 0 Å². The molecule has 0 radical (unpaired) electrons. The minimum absolute atomic E-state index is 0.119. The van der Waals surface area contributed by atoms with E-state index in [1.54, 1.807) is 6.20 Å². The number of amides is 1. The molecular formula is C27H25N5OS. The largest absolute Gasteiger partial charge is 0.352 e. The third-order valence-corrected chi connectivity index (χ3v) is 6.32. The minimum atomic E-state index is -0.222. The van der Waals surface area contributed by atoms with Crippen molar-refractivity contribution in [2.45, 2.75) is 19.0 Å². The summed E-state index contributed by atoms with van der Waals surface area (Å²) in [4.78, 5) is 19.5. The van der Waals surface area contributed by atoms with Crippen molar-refractivity contribution in [2.24, 2.45) is 0 Å². The van der Waals surface area contributed by atoms with Gasteiger partial charge < -0.3 is 20.1 Å². The molecule has 0 unspecified atom stereocenters. The third kappa shape index (κ3) is 4.43.